The van der Waals surface area contributed by atoms with E-state index in [1.165, 1.54) is 0 Å². The lowest BCUT2D eigenvalue weighted by atomic mass is 9.58. The first-order chi connectivity index (χ1) is 26.3. The highest BCUT2D eigenvalue weighted by molar-refractivity contribution is 5.82. The van der Waals surface area contributed by atoms with Crippen molar-refractivity contribution in [1.29, 1.82) is 0 Å². The zero-order valence-corrected chi connectivity index (χ0v) is 34.7. The van der Waals surface area contributed by atoms with E-state index in [4.69, 9.17) is 4.84 Å². The van der Waals surface area contributed by atoms with Gasteiger partial charge in [-0.25, -0.2) is 4.39 Å². The number of benzene rings is 2. The first-order valence-corrected chi connectivity index (χ1v) is 20.7. The Kier molecular flexibility index (Phi) is 14.7. The summed E-state index contributed by atoms with van der Waals surface area (Å²) in [6, 6.07) is 9.74. The minimum atomic E-state index is -4.71. The Morgan fingerprint density at radius 1 is 1.04 bits per heavy atom. The Morgan fingerprint density at radius 3 is 2.32 bits per heavy atom. The molecule has 2 heterocycles. The Hall–Kier alpha value is -2.61. The van der Waals surface area contributed by atoms with Crippen LogP contribution < -0.4 is 5.32 Å². The number of amides is 1. The summed E-state index contributed by atoms with van der Waals surface area (Å²) in [6.45, 7) is 19.4. The summed E-state index contributed by atoms with van der Waals surface area (Å²) >= 11 is 0. The van der Waals surface area contributed by atoms with Crippen LogP contribution in [0.2, 0.25) is 0 Å². The Morgan fingerprint density at radius 2 is 1.70 bits per heavy atom. The standard InChI is InChI=1S/C44H66F4N4O4/c1-27(2)19-34(24-50-17-9-10-18-50)51(25-35-36(44(46,47)48)15-12-16-37(35)45)22-32-13-11-14-33(21-32)23-52-41(40(31(6)54)39(26-53)56-52)42(55)49-38-20-28(3)43(7,8)30(5)29(38)4/h11-16,21,27-31,34,38-41,53-54H,9-10,17-20,22-26H2,1-8H3,(H,49,55)/t28-,29+,30+,31+,34+,38+,39+,40-,41+/m1/s1. The number of alkyl halides is 3. The molecular formula is C44H66F4N4O4. The smallest absolute Gasteiger partial charge is 0.394 e. The molecule has 0 bridgehead atoms. The number of hydrogen-bond acceptors (Lipinski definition) is 7. The van der Waals surface area contributed by atoms with E-state index in [-0.39, 0.29) is 67.0 Å². The quantitative estimate of drug-likeness (QED) is 0.160. The lowest BCUT2D eigenvalue weighted by Crippen LogP contribution is -2.56. The van der Waals surface area contributed by atoms with E-state index < -0.39 is 41.7 Å². The van der Waals surface area contributed by atoms with E-state index in [1.54, 1.807) is 12.0 Å². The second-order valence-electron chi connectivity index (χ2n) is 18.2. The molecule has 2 aliphatic heterocycles. The maximum absolute atomic E-state index is 15.4. The highest BCUT2D eigenvalue weighted by Crippen LogP contribution is 2.47. The zero-order chi connectivity index (χ0) is 41.1. The Balaban J connectivity index is 1.43. The molecule has 2 aromatic rings. The highest BCUT2D eigenvalue weighted by atomic mass is 19.4. The van der Waals surface area contributed by atoms with Crippen molar-refractivity contribution in [3.8, 4) is 0 Å². The lowest BCUT2D eigenvalue weighted by molar-refractivity contribution is -0.182. The molecule has 12 heteroatoms. The fraction of sp³-hybridized carbons (Fsp3) is 0.705. The molecule has 3 aliphatic rings. The van der Waals surface area contributed by atoms with E-state index in [1.807, 2.05) is 29.2 Å². The van der Waals surface area contributed by atoms with Crippen LogP contribution in [0.5, 0.6) is 0 Å². The first-order valence-electron chi connectivity index (χ1n) is 20.7. The average Bonchev–Trinajstić information content (AvgIpc) is 3.77. The summed E-state index contributed by atoms with van der Waals surface area (Å²) in [6.07, 6.45) is -2.75. The van der Waals surface area contributed by atoms with Crippen LogP contribution in [0.4, 0.5) is 17.6 Å². The Labute approximate surface area is 331 Å². The van der Waals surface area contributed by atoms with Gasteiger partial charge in [-0.2, -0.15) is 18.2 Å². The van der Waals surface area contributed by atoms with Gasteiger partial charge in [0.15, 0.2) is 0 Å². The lowest BCUT2D eigenvalue weighted by Gasteiger charge is -2.50. The largest absolute Gasteiger partial charge is 0.416 e. The molecule has 0 spiro atoms. The monoisotopic (exact) mass is 791 g/mol. The molecule has 0 aromatic heterocycles. The Bertz CT molecular complexity index is 1600. The second kappa shape index (κ2) is 18.5. The van der Waals surface area contributed by atoms with Gasteiger partial charge >= 0.3 is 6.18 Å². The van der Waals surface area contributed by atoms with E-state index in [2.05, 4.69) is 58.7 Å². The van der Waals surface area contributed by atoms with Gasteiger partial charge in [0.25, 0.3) is 0 Å². The van der Waals surface area contributed by atoms with Crippen LogP contribution in [0.25, 0.3) is 0 Å². The van der Waals surface area contributed by atoms with Gasteiger partial charge in [-0.15, -0.1) is 0 Å². The molecule has 1 saturated carbocycles. The van der Waals surface area contributed by atoms with Crippen molar-refractivity contribution in [2.45, 2.75) is 137 Å². The summed E-state index contributed by atoms with van der Waals surface area (Å²) in [7, 11) is 0. The molecule has 2 aromatic carbocycles. The first kappa shape index (κ1) is 44.5. The fourth-order valence-corrected chi connectivity index (χ4v) is 9.60. The predicted molar refractivity (Wildman–Crippen MR) is 210 cm³/mol. The number of hydrogen-bond donors (Lipinski definition) is 3. The molecule has 0 unspecified atom stereocenters. The number of hydroxylamine groups is 2. The maximum Gasteiger partial charge on any atom is 0.416 e. The predicted octanol–water partition coefficient (Wildman–Crippen LogP) is 7.65. The SMILES string of the molecule is CC(C)C[C@@H](CN1CCCC1)N(Cc1cccc(CN2O[C@@H](CO)[C@@H]([C@H](C)O)[C@H]2C(=O)N[C@H]2C[C@@H](C)C(C)(C)[C@@H](C)[C@@H]2C)c1)Cc1c(F)cccc1C(F)(F)F. The van der Waals surface area contributed by atoms with Crippen molar-refractivity contribution in [2.24, 2.45) is 35.0 Å². The van der Waals surface area contributed by atoms with Crippen LogP contribution in [0.1, 0.15) is 103 Å². The van der Waals surface area contributed by atoms with Crippen molar-refractivity contribution in [3.63, 3.8) is 0 Å². The van der Waals surface area contributed by atoms with Gasteiger partial charge in [0.2, 0.25) is 5.91 Å². The highest BCUT2D eigenvalue weighted by Gasteiger charge is 2.51. The van der Waals surface area contributed by atoms with Gasteiger partial charge in [0, 0.05) is 43.2 Å². The molecule has 1 amide bonds. The van der Waals surface area contributed by atoms with E-state index in [9.17, 15) is 28.2 Å². The number of rotatable bonds is 15. The van der Waals surface area contributed by atoms with Crippen LogP contribution in [0.15, 0.2) is 42.5 Å². The summed E-state index contributed by atoms with van der Waals surface area (Å²) < 4.78 is 58.1. The van der Waals surface area contributed by atoms with Crippen molar-refractivity contribution >= 4 is 5.91 Å². The number of nitrogens with zero attached hydrogens (tertiary/aromatic N) is 3. The third-order valence-corrected chi connectivity index (χ3v) is 13.6. The molecule has 8 nitrogen and oxygen atoms in total. The van der Waals surface area contributed by atoms with Crippen molar-refractivity contribution in [1.82, 2.24) is 20.2 Å². The summed E-state index contributed by atoms with van der Waals surface area (Å²) in [5.74, 6) is -0.597. The van der Waals surface area contributed by atoms with Gasteiger partial charge in [-0.1, -0.05) is 78.8 Å². The van der Waals surface area contributed by atoms with Crippen LogP contribution in [-0.2, 0) is 35.4 Å². The number of likely N-dealkylation sites (tertiary alicyclic amines) is 1. The van der Waals surface area contributed by atoms with E-state index in [0.717, 1.165) is 68.1 Å². The summed E-state index contributed by atoms with van der Waals surface area (Å²) in [5.41, 5.74) is 0.421. The van der Waals surface area contributed by atoms with E-state index in [0.29, 0.717) is 18.4 Å². The van der Waals surface area contributed by atoms with Gasteiger partial charge in [0.05, 0.1) is 24.8 Å². The number of nitrogens with one attached hydrogen (secondary N) is 1. The molecule has 9 atom stereocenters. The number of aliphatic hydroxyl groups excluding tert-OH is 2. The third-order valence-electron chi connectivity index (χ3n) is 13.6. The van der Waals surface area contributed by atoms with Crippen LogP contribution in [-0.4, -0.2) is 87.6 Å². The minimum Gasteiger partial charge on any atom is -0.394 e. The van der Waals surface area contributed by atoms with Gasteiger partial charge in [-0.05, 0) is 98.0 Å². The average molecular weight is 791 g/mol. The number of aliphatic hydroxyl groups is 2. The molecular weight excluding hydrogens is 725 g/mol. The van der Waals surface area contributed by atoms with E-state index >= 15 is 4.39 Å². The fourth-order valence-electron chi connectivity index (χ4n) is 9.60. The van der Waals surface area contributed by atoms with Crippen molar-refractivity contribution in [3.05, 3.63) is 70.5 Å². The maximum atomic E-state index is 15.4. The molecule has 3 fully saturated rings. The van der Waals surface area contributed by atoms with Crippen LogP contribution >= 0.6 is 0 Å². The molecule has 5 rings (SSSR count). The van der Waals surface area contributed by atoms with Crippen LogP contribution in [0.3, 0.4) is 0 Å². The van der Waals surface area contributed by atoms with Crippen molar-refractivity contribution in [2.75, 3.05) is 26.2 Å². The van der Waals surface area contributed by atoms with Gasteiger partial charge in [-0.3, -0.25) is 14.5 Å². The van der Waals surface area contributed by atoms with Gasteiger partial charge < -0.3 is 20.4 Å². The third kappa shape index (κ3) is 10.3. The van der Waals surface area contributed by atoms with Crippen LogP contribution in [0, 0.1) is 40.8 Å². The minimum absolute atomic E-state index is 0.0637. The summed E-state index contributed by atoms with van der Waals surface area (Å²) in [4.78, 5) is 24.9. The molecule has 0 radical (unpaired) electrons. The number of carbonyl (C=O) groups is 1. The van der Waals surface area contributed by atoms with Gasteiger partial charge in [0.1, 0.15) is 18.0 Å². The molecule has 1 aliphatic carbocycles. The number of halogens is 4. The molecule has 3 N–H and O–H groups in total. The molecule has 2 saturated heterocycles. The zero-order valence-electron chi connectivity index (χ0n) is 34.7. The molecule has 314 valence electrons. The van der Waals surface area contributed by atoms with Crippen molar-refractivity contribution < 1.29 is 37.4 Å². The second-order valence-corrected chi connectivity index (χ2v) is 18.2. The topological polar surface area (TPSA) is 88.5 Å². The normalized spacial score (nSPS) is 28.6. The molecule has 56 heavy (non-hydrogen) atoms. The number of carbonyl (C=O) groups excluding carboxylic acids is 1. The summed E-state index contributed by atoms with van der Waals surface area (Å²) in [5, 5.41) is 26.1.